The smallest absolute Gasteiger partial charge is 0.410 e. The molecular weight excluding hydrogens is 282 g/mol. The van der Waals surface area contributed by atoms with Crippen LogP contribution in [0.4, 0.5) is 4.79 Å². The van der Waals surface area contributed by atoms with Crippen molar-refractivity contribution in [1.29, 1.82) is 0 Å². The Labute approximate surface area is 119 Å². The maximum Gasteiger partial charge on any atom is 0.410 e. The number of carbonyl (C=O) groups excluding carboxylic acids is 1. The molecule has 0 radical (unpaired) electrons. The molecule has 1 atom stereocenters. The van der Waals surface area contributed by atoms with E-state index in [0.29, 0.717) is 24.6 Å². The Hall–Kier alpha value is -1.54. The lowest BCUT2D eigenvalue weighted by molar-refractivity contribution is 0.0240. The van der Waals surface area contributed by atoms with Crippen LogP contribution in [0.15, 0.2) is 6.20 Å². The van der Waals surface area contributed by atoms with Gasteiger partial charge in [0.15, 0.2) is 11.1 Å². The van der Waals surface area contributed by atoms with Gasteiger partial charge in [-0.1, -0.05) is 0 Å². The number of amides is 1. The fourth-order valence-corrected chi connectivity index (χ4v) is 2.19. The first-order valence-corrected chi connectivity index (χ1v) is 7.41. The highest BCUT2D eigenvalue weighted by atomic mass is 32.2. The third-order valence-corrected chi connectivity index (χ3v) is 3.12. The predicted octanol–water partition coefficient (Wildman–Crippen LogP) is 1.45. The van der Waals surface area contributed by atoms with Gasteiger partial charge in [-0.05, 0) is 20.8 Å². The molecular formula is C12H17N3O4S. The molecule has 7 nitrogen and oxygen atoms in total. The average Bonchev–Trinajstić information content (AvgIpc) is 2.68. The SMILES string of the molecule is CC(C)(C)OC(=O)N1Cc2cnc(CS(=O)O)nc2C1. The molecule has 1 aromatic rings. The normalized spacial score (nSPS) is 15.9. The minimum absolute atomic E-state index is 0.111. The third kappa shape index (κ3) is 3.73. The second-order valence-electron chi connectivity index (χ2n) is 5.56. The van der Waals surface area contributed by atoms with Gasteiger partial charge in [0.25, 0.3) is 0 Å². The Morgan fingerprint density at radius 1 is 1.50 bits per heavy atom. The quantitative estimate of drug-likeness (QED) is 0.831. The largest absolute Gasteiger partial charge is 0.444 e. The van der Waals surface area contributed by atoms with Gasteiger partial charge in [0.05, 0.1) is 18.8 Å². The lowest BCUT2D eigenvalue weighted by atomic mass is 10.2. The zero-order chi connectivity index (χ0) is 14.9. The minimum atomic E-state index is -1.97. The van der Waals surface area contributed by atoms with Crippen molar-refractivity contribution in [3.8, 4) is 0 Å². The number of hydrogen-bond donors (Lipinski definition) is 1. The summed E-state index contributed by atoms with van der Waals surface area (Å²) in [6, 6.07) is 0. The summed E-state index contributed by atoms with van der Waals surface area (Å²) in [5, 5.41) is 0. The number of ether oxygens (including phenoxy) is 1. The van der Waals surface area contributed by atoms with E-state index in [9.17, 15) is 9.00 Å². The van der Waals surface area contributed by atoms with Crippen LogP contribution in [0.2, 0.25) is 0 Å². The molecule has 2 heterocycles. The Balaban J connectivity index is 2.07. The average molecular weight is 299 g/mol. The number of hydrogen-bond acceptors (Lipinski definition) is 5. The van der Waals surface area contributed by atoms with Gasteiger partial charge in [0, 0.05) is 11.8 Å². The summed E-state index contributed by atoms with van der Waals surface area (Å²) in [5.74, 6) is 0.190. The van der Waals surface area contributed by atoms with Crippen LogP contribution in [0.25, 0.3) is 0 Å². The second kappa shape index (κ2) is 5.45. The Kier molecular flexibility index (Phi) is 4.05. The molecule has 110 valence electrons. The summed E-state index contributed by atoms with van der Waals surface area (Å²) in [5.41, 5.74) is 0.992. The monoisotopic (exact) mass is 299 g/mol. The number of carbonyl (C=O) groups is 1. The van der Waals surface area contributed by atoms with Gasteiger partial charge in [-0.25, -0.2) is 19.0 Å². The van der Waals surface area contributed by atoms with E-state index in [-0.39, 0.29) is 5.75 Å². The van der Waals surface area contributed by atoms with E-state index in [2.05, 4.69) is 9.97 Å². The summed E-state index contributed by atoms with van der Waals surface area (Å²) >= 11 is -1.97. The molecule has 1 unspecified atom stereocenters. The molecule has 20 heavy (non-hydrogen) atoms. The minimum Gasteiger partial charge on any atom is -0.444 e. The fraction of sp³-hybridized carbons (Fsp3) is 0.583. The van der Waals surface area contributed by atoms with Crippen LogP contribution in [0.3, 0.4) is 0 Å². The van der Waals surface area contributed by atoms with Crippen molar-refractivity contribution in [2.24, 2.45) is 0 Å². The van der Waals surface area contributed by atoms with Crippen LogP contribution in [0.1, 0.15) is 37.9 Å². The molecule has 0 bridgehead atoms. The standard InChI is InChI=1S/C12H17N3O4S/c1-12(2,3)19-11(16)15-5-8-4-13-10(7-20(17)18)14-9(8)6-15/h4H,5-7H2,1-3H3,(H,17,18). The zero-order valence-corrected chi connectivity index (χ0v) is 12.4. The molecule has 8 heteroatoms. The van der Waals surface area contributed by atoms with Crippen LogP contribution in [-0.4, -0.2) is 35.3 Å². The van der Waals surface area contributed by atoms with E-state index < -0.39 is 22.8 Å². The van der Waals surface area contributed by atoms with Crippen LogP contribution in [0.5, 0.6) is 0 Å². The van der Waals surface area contributed by atoms with Gasteiger partial charge >= 0.3 is 6.09 Å². The zero-order valence-electron chi connectivity index (χ0n) is 11.6. The lowest BCUT2D eigenvalue weighted by Gasteiger charge is -2.23. The second-order valence-corrected chi connectivity index (χ2v) is 6.49. The molecule has 2 rings (SSSR count). The summed E-state index contributed by atoms with van der Waals surface area (Å²) in [6.07, 6.45) is 1.19. The van der Waals surface area contributed by atoms with Crippen LogP contribution in [0, 0.1) is 0 Å². The first-order valence-electron chi connectivity index (χ1n) is 6.13. The first-order chi connectivity index (χ1) is 9.24. The maximum absolute atomic E-state index is 12.0. The molecule has 1 N–H and O–H groups in total. The van der Waals surface area contributed by atoms with Crippen molar-refractivity contribution in [2.75, 3.05) is 0 Å². The highest BCUT2D eigenvalue weighted by Crippen LogP contribution is 2.22. The molecule has 1 amide bonds. The molecule has 1 aromatic heterocycles. The third-order valence-electron chi connectivity index (χ3n) is 2.61. The van der Waals surface area contributed by atoms with Gasteiger partial charge in [-0.2, -0.15) is 0 Å². The highest BCUT2D eigenvalue weighted by Gasteiger charge is 2.29. The molecule has 1 aliphatic rings. The van der Waals surface area contributed by atoms with Crippen LogP contribution < -0.4 is 0 Å². The van der Waals surface area contributed by atoms with Gasteiger partial charge in [0.1, 0.15) is 17.2 Å². The summed E-state index contributed by atoms with van der Waals surface area (Å²) in [7, 11) is 0. The number of nitrogens with zero attached hydrogens (tertiary/aromatic N) is 3. The van der Waals surface area contributed by atoms with Gasteiger partial charge < -0.3 is 9.29 Å². The summed E-state index contributed by atoms with van der Waals surface area (Å²) in [6.45, 7) is 6.15. The maximum atomic E-state index is 12.0. The van der Waals surface area contributed by atoms with Crippen molar-refractivity contribution in [3.63, 3.8) is 0 Å². The molecule has 0 fully saturated rings. The van der Waals surface area contributed by atoms with Gasteiger partial charge in [0.2, 0.25) is 0 Å². The molecule has 0 spiro atoms. The molecule has 0 saturated carbocycles. The van der Waals surface area contributed by atoms with E-state index in [1.165, 1.54) is 4.90 Å². The van der Waals surface area contributed by atoms with Crippen molar-refractivity contribution in [3.05, 3.63) is 23.3 Å². The highest BCUT2D eigenvalue weighted by molar-refractivity contribution is 7.78. The van der Waals surface area contributed by atoms with Crippen LogP contribution in [-0.2, 0) is 34.7 Å². The molecule has 0 aromatic carbocycles. The van der Waals surface area contributed by atoms with E-state index in [1.807, 2.05) is 20.8 Å². The van der Waals surface area contributed by atoms with Crippen molar-refractivity contribution in [2.45, 2.75) is 45.2 Å². The first kappa shape index (κ1) is 14.9. The van der Waals surface area contributed by atoms with Crippen molar-refractivity contribution >= 4 is 17.2 Å². The number of aromatic nitrogens is 2. The fourth-order valence-electron chi connectivity index (χ4n) is 1.83. The van der Waals surface area contributed by atoms with E-state index in [4.69, 9.17) is 9.29 Å². The number of rotatable bonds is 2. The Morgan fingerprint density at radius 2 is 2.20 bits per heavy atom. The Morgan fingerprint density at radius 3 is 2.80 bits per heavy atom. The summed E-state index contributed by atoms with van der Waals surface area (Å²) < 4.78 is 24.9. The van der Waals surface area contributed by atoms with E-state index >= 15 is 0 Å². The molecule has 0 aliphatic carbocycles. The van der Waals surface area contributed by atoms with E-state index in [1.54, 1.807) is 6.20 Å². The molecule has 0 saturated heterocycles. The topological polar surface area (TPSA) is 92.6 Å². The van der Waals surface area contributed by atoms with E-state index in [0.717, 1.165) is 5.56 Å². The van der Waals surface area contributed by atoms with Gasteiger partial charge in [-0.15, -0.1) is 0 Å². The Bertz CT molecular complexity index is 556. The van der Waals surface area contributed by atoms with Crippen molar-refractivity contribution in [1.82, 2.24) is 14.9 Å². The summed E-state index contributed by atoms with van der Waals surface area (Å²) in [4.78, 5) is 21.7. The molecule has 1 aliphatic heterocycles. The predicted molar refractivity (Wildman–Crippen MR) is 72.0 cm³/mol. The van der Waals surface area contributed by atoms with Crippen LogP contribution >= 0.6 is 0 Å². The lowest BCUT2D eigenvalue weighted by Crippen LogP contribution is -2.33. The number of fused-ring (bicyclic) bond motifs is 1. The van der Waals surface area contributed by atoms with Gasteiger partial charge in [-0.3, -0.25) is 4.90 Å². The van der Waals surface area contributed by atoms with Crippen molar-refractivity contribution < 1.29 is 18.3 Å².